The van der Waals surface area contributed by atoms with Gasteiger partial charge < -0.3 is 9.64 Å². The molecule has 4 rings (SSSR count). The van der Waals surface area contributed by atoms with Crippen LogP contribution in [-0.4, -0.2) is 13.1 Å². The highest BCUT2D eigenvalue weighted by atomic mass is 16.5. The summed E-state index contributed by atoms with van der Waals surface area (Å²) in [6.45, 7) is 0.719. The first-order chi connectivity index (χ1) is 12.8. The minimum Gasteiger partial charge on any atom is -0.465 e. The highest BCUT2D eigenvalue weighted by Crippen LogP contribution is 2.37. The van der Waals surface area contributed by atoms with Gasteiger partial charge in [0.25, 0.3) is 0 Å². The number of methoxy groups -OCH3 is 1. The lowest BCUT2D eigenvalue weighted by atomic mass is 10.1. The monoisotopic (exact) mass is 341 g/mol. The molecule has 0 spiro atoms. The van der Waals surface area contributed by atoms with Crippen LogP contribution in [0.5, 0.6) is 0 Å². The van der Waals surface area contributed by atoms with Crippen molar-refractivity contribution >= 4 is 29.5 Å². The number of rotatable bonds is 3. The van der Waals surface area contributed by atoms with Crippen molar-refractivity contribution in [3.63, 3.8) is 0 Å². The molecule has 3 nitrogen and oxygen atoms in total. The zero-order valence-corrected chi connectivity index (χ0v) is 14.6. The van der Waals surface area contributed by atoms with Crippen molar-refractivity contribution in [2.75, 3.05) is 12.0 Å². The van der Waals surface area contributed by atoms with Gasteiger partial charge in [0.2, 0.25) is 0 Å². The third-order valence-corrected chi connectivity index (χ3v) is 4.61. The van der Waals surface area contributed by atoms with Crippen LogP contribution >= 0.6 is 0 Å². The van der Waals surface area contributed by atoms with Gasteiger partial charge in [0, 0.05) is 17.9 Å². The maximum absolute atomic E-state index is 11.6. The number of carbonyl (C=O) groups is 1. The molecule has 0 N–H and O–H groups in total. The third kappa shape index (κ3) is 3.00. The van der Waals surface area contributed by atoms with Gasteiger partial charge in [-0.2, -0.15) is 0 Å². The Labute approximate surface area is 153 Å². The van der Waals surface area contributed by atoms with Crippen LogP contribution in [0.4, 0.5) is 11.4 Å². The van der Waals surface area contributed by atoms with Crippen molar-refractivity contribution in [2.45, 2.75) is 6.54 Å². The first-order valence-corrected chi connectivity index (χ1v) is 8.57. The summed E-state index contributed by atoms with van der Waals surface area (Å²) in [6, 6.07) is 24.4. The van der Waals surface area contributed by atoms with Crippen LogP contribution in [0.15, 0.2) is 72.8 Å². The molecular weight excluding hydrogens is 322 g/mol. The van der Waals surface area contributed by atoms with E-state index in [1.54, 1.807) is 0 Å². The van der Waals surface area contributed by atoms with E-state index in [1.165, 1.54) is 29.6 Å². The Kier molecular flexibility index (Phi) is 4.28. The Morgan fingerprint density at radius 3 is 1.88 bits per heavy atom. The molecule has 0 atom stereocenters. The fourth-order valence-corrected chi connectivity index (χ4v) is 3.27. The van der Waals surface area contributed by atoms with Crippen molar-refractivity contribution in [1.29, 1.82) is 0 Å². The molecule has 26 heavy (non-hydrogen) atoms. The Balaban J connectivity index is 1.74. The van der Waals surface area contributed by atoms with Crippen molar-refractivity contribution in [1.82, 2.24) is 0 Å². The fraction of sp³-hybridized carbons (Fsp3) is 0.0870. The second-order valence-corrected chi connectivity index (χ2v) is 6.23. The Hall–Kier alpha value is -3.33. The summed E-state index contributed by atoms with van der Waals surface area (Å²) in [7, 11) is 1.40. The number of esters is 1. The van der Waals surface area contributed by atoms with E-state index in [9.17, 15) is 4.79 Å². The zero-order valence-electron chi connectivity index (χ0n) is 14.6. The highest BCUT2D eigenvalue weighted by Gasteiger charge is 2.18. The number of nitrogens with zero attached hydrogens (tertiary/aromatic N) is 1. The van der Waals surface area contributed by atoms with Crippen molar-refractivity contribution in [3.05, 3.63) is 95.1 Å². The fourth-order valence-electron chi connectivity index (χ4n) is 3.27. The quantitative estimate of drug-likeness (QED) is 0.606. The molecule has 3 aromatic rings. The Bertz CT molecular complexity index is 924. The van der Waals surface area contributed by atoms with Crippen molar-refractivity contribution in [3.8, 4) is 0 Å². The molecule has 0 unspecified atom stereocenters. The minimum absolute atomic E-state index is 0.314. The maximum Gasteiger partial charge on any atom is 0.337 e. The van der Waals surface area contributed by atoms with Crippen molar-refractivity contribution < 1.29 is 9.53 Å². The van der Waals surface area contributed by atoms with Gasteiger partial charge >= 0.3 is 5.97 Å². The largest absolute Gasteiger partial charge is 0.465 e. The number of hydrogen-bond donors (Lipinski definition) is 0. The predicted octanol–water partition coefficient (Wildman–Crippen LogP) is 5.30. The lowest BCUT2D eigenvalue weighted by molar-refractivity contribution is 0.0600. The van der Waals surface area contributed by atoms with E-state index in [-0.39, 0.29) is 5.97 Å². The molecule has 1 heterocycles. The van der Waals surface area contributed by atoms with Gasteiger partial charge in [-0.25, -0.2) is 4.79 Å². The molecule has 128 valence electrons. The van der Waals surface area contributed by atoms with Gasteiger partial charge in [0.1, 0.15) is 0 Å². The lowest BCUT2D eigenvalue weighted by Crippen LogP contribution is -2.17. The van der Waals surface area contributed by atoms with Crippen LogP contribution in [0.25, 0.3) is 12.2 Å². The summed E-state index contributed by atoms with van der Waals surface area (Å²) in [4.78, 5) is 14.0. The summed E-state index contributed by atoms with van der Waals surface area (Å²) in [5.41, 5.74) is 6.42. The van der Waals surface area contributed by atoms with Gasteiger partial charge in [0.15, 0.2) is 0 Å². The van der Waals surface area contributed by atoms with E-state index < -0.39 is 0 Å². The molecule has 3 aromatic carbocycles. The van der Waals surface area contributed by atoms with E-state index in [0.717, 1.165) is 12.1 Å². The van der Waals surface area contributed by atoms with E-state index in [0.29, 0.717) is 5.56 Å². The Morgan fingerprint density at radius 2 is 1.35 bits per heavy atom. The second-order valence-electron chi connectivity index (χ2n) is 6.23. The van der Waals surface area contributed by atoms with E-state index in [1.807, 2.05) is 24.3 Å². The number of ether oxygens (including phenoxy) is 1. The lowest BCUT2D eigenvalue weighted by Gasteiger charge is -2.27. The standard InChI is InChI=1S/C23H19NO2/c1-26-23(25)20-12-10-17(11-13-20)16-24-21-8-4-2-6-18(21)14-15-19-7-3-5-9-22(19)24/h2-15H,16H2,1H3. The van der Waals surface area contributed by atoms with E-state index in [4.69, 9.17) is 4.74 Å². The summed E-state index contributed by atoms with van der Waals surface area (Å²) in [5.74, 6) is -0.314. The van der Waals surface area contributed by atoms with Crippen LogP contribution in [0.2, 0.25) is 0 Å². The third-order valence-electron chi connectivity index (χ3n) is 4.61. The van der Waals surface area contributed by atoms with Crippen LogP contribution in [0.3, 0.4) is 0 Å². The molecule has 0 bridgehead atoms. The van der Waals surface area contributed by atoms with Crippen molar-refractivity contribution in [2.24, 2.45) is 0 Å². The molecule has 0 aromatic heterocycles. The molecule has 3 heteroatoms. The molecule has 0 amide bonds. The van der Waals surface area contributed by atoms with Crippen LogP contribution in [-0.2, 0) is 11.3 Å². The smallest absolute Gasteiger partial charge is 0.337 e. The first-order valence-electron chi connectivity index (χ1n) is 8.57. The van der Waals surface area contributed by atoms with Gasteiger partial charge in [-0.05, 0) is 41.0 Å². The van der Waals surface area contributed by atoms with E-state index >= 15 is 0 Å². The molecule has 0 aliphatic carbocycles. The zero-order chi connectivity index (χ0) is 17.9. The van der Waals surface area contributed by atoms with Crippen LogP contribution < -0.4 is 4.90 Å². The predicted molar refractivity (Wildman–Crippen MR) is 105 cm³/mol. The van der Waals surface area contributed by atoms with Gasteiger partial charge in [-0.3, -0.25) is 0 Å². The van der Waals surface area contributed by atoms with Gasteiger partial charge in [0.05, 0.1) is 12.7 Å². The number of fused-ring (bicyclic) bond motifs is 2. The molecule has 1 aliphatic heterocycles. The summed E-state index contributed by atoms with van der Waals surface area (Å²) < 4.78 is 4.78. The molecule has 1 aliphatic rings. The number of benzene rings is 3. The average Bonchev–Trinajstić information content (AvgIpc) is 2.86. The minimum atomic E-state index is -0.314. The molecule has 0 saturated carbocycles. The normalized spacial score (nSPS) is 12.1. The Morgan fingerprint density at radius 1 is 0.808 bits per heavy atom. The molecule has 0 saturated heterocycles. The topological polar surface area (TPSA) is 29.5 Å². The number of anilines is 2. The van der Waals surface area contributed by atoms with Gasteiger partial charge in [-0.1, -0.05) is 60.7 Å². The molecular formula is C23H19NO2. The molecule has 0 fully saturated rings. The molecule has 0 radical (unpaired) electrons. The summed E-state index contributed by atoms with van der Waals surface area (Å²) >= 11 is 0. The number of para-hydroxylation sites is 2. The SMILES string of the molecule is COC(=O)c1ccc(CN2c3ccccc3C=Cc3ccccc32)cc1. The first kappa shape index (κ1) is 16.2. The van der Waals surface area contributed by atoms with Crippen LogP contribution in [0, 0.1) is 0 Å². The second kappa shape index (κ2) is 6.89. The summed E-state index contributed by atoms with van der Waals surface area (Å²) in [5, 5.41) is 0. The maximum atomic E-state index is 11.6. The number of hydrogen-bond acceptors (Lipinski definition) is 3. The summed E-state index contributed by atoms with van der Waals surface area (Å²) in [6.07, 6.45) is 4.32. The average molecular weight is 341 g/mol. The van der Waals surface area contributed by atoms with E-state index in [2.05, 4.69) is 65.6 Å². The van der Waals surface area contributed by atoms with Gasteiger partial charge in [-0.15, -0.1) is 0 Å². The van der Waals surface area contributed by atoms with Crippen LogP contribution in [0.1, 0.15) is 27.0 Å². The highest BCUT2D eigenvalue weighted by molar-refractivity contribution is 5.90. The number of carbonyl (C=O) groups excluding carboxylic acids is 1.